The highest BCUT2D eigenvalue weighted by atomic mass is 16.3. The minimum absolute atomic E-state index is 0.111. The molecule has 1 aliphatic carbocycles. The van der Waals surface area contributed by atoms with E-state index in [1.54, 1.807) is 19.3 Å². The zero-order chi connectivity index (χ0) is 17.6. The number of hydrogen-bond donors (Lipinski definition) is 1. The first-order chi connectivity index (χ1) is 12.1. The number of aromatic nitrogens is 2. The molecule has 1 amide bonds. The summed E-state index contributed by atoms with van der Waals surface area (Å²) in [7, 11) is 0. The van der Waals surface area contributed by atoms with E-state index in [1.165, 1.54) is 12.7 Å². The molecule has 6 nitrogen and oxygen atoms in total. The van der Waals surface area contributed by atoms with Crippen LogP contribution in [0.4, 0.5) is 0 Å². The SMILES string of the molecule is CC(=O)N(Cc1cncnc1)[C@@H]1CCCN([C@@H]2CCCC[C@@H]2O)CC1. The lowest BCUT2D eigenvalue weighted by atomic mass is 9.91. The number of rotatable bonds is 4. The Morgan fingerprint density at radius 3 is 2.64 bits per heavy atom. The Bertz CT molecular complexity index is 554. The Labute approximate surface area is 150 Å². The van der Waals surface area contributed by atoms with Crippen molar-refractivity contribution in [3.05, 3.63) is 24.3 Å². The molecule has 0 unspecified atom stereocenters. The zero-order valence-corrected chi connectivity index (χ0v) is 15.2. The molecule has 2 aliphatic rings. The van der Waals surface area contributed by atoms with Crippen LogP contribution in [0.15, 0.2) is 18.7 Å². The maximum Gasteiger partial charge on any atom is 0.219 e. The summed E-state index contributed by atoms with van der Waals surface area (Å²) < 4.78 is 0. The highest BCUT2D eigenvalue weighted by molar-refractivity contribution is 5.73. The predicted molar refractivity (Wildman–Crippen MR) is 95.7 cm³/mol. The average molecular weight is 346 g/mol. The first kappa shape index (κ1) is 18.3. The van der Waals surface area contributed by atoms with Crippen molar-refractivity contribution < 1.29 is 9.90 Å². The lowest BCUT2D eigenvalue weighted by Gasteiger charge is -2.37. The molecular formula is C19H30N4O2. The highest BCUT2D eigenvalue weighted by Crippen LogP contribution is 2.27. The van der Waals surface area contributed by atoms with Crippen LogP contribution in [0.1, 0.15) is 57.4 Å². The Balaban J connectivity index is 1.62. The minimum atomic E-state index is -0.185. The molecule has 1 saturated heterocycles. The third-order valence-electron chi connectivity index (χ3n) is 5.71. The topological polar surface area (TPSA) is 69.6 Å². The van der Waals surface area contributed by atoms with Crippen molar-refractivity contribution in [2.45, 2.75) is 76.6 Å². The van der Waals surface area contributed by atoms with Gasteiger partial charge in [0.25, 0.3) is 0 Å². The van der Waals surface area contributed by atoms with Gasteiger partial charge in [-0.2, -0.15) is 0 Å². The molecule has 3 rings (SSSR count). The number of hydrogen-bond acceptors (Lipinski definition) is 5. The largest absolute Gasteiger partial charge is 0.391 e. The van der Waals surface area contributed by atoms with Crippen LogP contribution in [-0.4, -0.2) is 62.1 Å². The zero-order valence-electron chi connectivity index (χ0n) is 15.2. The summed E-state index contributed by atoms with van der Waals surface area (Å²) in [6, 6.07) is 0.559. The minimum Gasteiger partial charge on any atom is -0.391 e. The standard InChI is InChI=1S/C19H30N4O2/c1-15(24)23(13-16-11-20-14-21-12-16)17-5-4-9-22(10-8-17)18-6-2-3-7-19(18)25/h11-12,14,17-19,25H,2-10,13H2,1H3/t17-,18-,19+/m1/s1. The molecule has 1 N–H and O–H groups in total. The van der Waals surface area contributed by atoms with E-state index in [4.69, 9.17) is 0 Å². The summed E-state index contributed by atoms with van der Waals surface area (Å²) >= 11 is 0. The van der Waals surface area contributed by atoms with Crippen LogP contribution in [0.2, 0.25) is 0 Å². The average Bonchev–Trinajstić information content (AvgIpc) is 2.87. The molecule has 0 aromatic carbocycles. The van der Waals surface area contributed by atoms with Gasteiger partial charge >= 0.3 is 0 Å². The van der Waals surface area contributed by atoms with Gasteiger partial charge in [0, 0.05) is 50.1 Å². The van der Waals surface area contributed by atoms with Crippen LogP contribution in [0.3, 0.4) is 0 Å². The molecule has 1 aromatic heterocycles. The molecule has 25 heavy (non-hydrogen) atoms. The maximum absolute atomic E-state index is 12.2. The number of aliphatic hydroxyl groups excluding tert-OH is 1. The van der Waals surface area contributed by atoms with Crippen molar-refractivity contribution in [2.75, 3.05) is 13.1 Å². The summed E-state index contributed by atoms with van der Waals surface area (Å²) in [5.41, 5.74) is 0.974. The Hall–Kier alpha value is -1.53. The van der Waals surface area contributed by atoms with Crippen molar-refractivity contribution >= 4 is 5.91 Å². The fraction of sp³-hybridized carbons (Fsp3) is 0.737. The first-order valence-electron chi connectivity index (χ1n) is 9.58. The van der Waals surface area contributed by atoms with Crippen LogP contribution in [0, 0.1) is 0 Å². The second kappa shape index (κ2) is 8.72. The van der Waals surface area contributed by atoms with E-state index in [9.17, 15) is 9.90 Å². The number of carbonyl (C=O) groups is 1. The molecule has 1 saturated carbocycles. The van der Waals surface area contributed by atoms with Gasteiger partial charge in [-0.25, -0.2) is 9.97 Å². The van der Waals surface area contributed by atoms with Crippen LogP contribution in [0.25, 0.3) is 0 Å². The molecule has 0 spiro atoms. The Kier molecular flexibility index (Phi) is 6.37. The summed E-state index contributed by atoms with van der Waals surface area (Å²) in [5.74, 6) is 0.111. The predicted octanol–water partition coefficient (Wildman–Crippen LogP) is 1.98. The van der Waals surface area contributed by atoms with E-state index in [2.05, 4.69) is 14.9 Å². The quantitative estimate of drug-likeness (QED) is 0.903. The van der Waals surface area contributed by atoms with Crippen LogP contribution in [-0.2, 0) is 11.3 Å². The molecule has 1 aliphatic heterocycles. The van der Waals surface area contributed by atoms with Gasteiger partial charge in [-0.1, -0.05) is 12.8 Å². The van der Waals surface area contributed by atoms with Crippen molar-refractivity contribution in [3.8, 4) is 0 Å². The van der Waals surface area contributed by atoms with Gasteiger partial charge in [0.15, 0.2) is 0 Å². The van der Waals surface area contributed by atoms with E-state index in [1.807, 2.05) is 4.90 Å². The van der Waals surface area contributed by atoms with E-state index in [0.717, 1.165) is 57.2 Å². The number of nitrogens with zero attached hydrogens (tertiary/aromatic N) is 4. The van der Waals surface area contributed by atoms with E-state index in [-0.39, 0.29) is 18.1 Å². The van der Waals surface area contributed by atoms with Crippen LogP contribution in [0.5, 0.6) is 0 Å². The van der Waals surface area contributed by atoms with Gasteiger partial charge in [-0.3, -0.25) is 9.69 Å². The van der Waals surface area contributed by atoms with Gasteiger partial charge in [-0.05, 0) is 38.6 Å². The van der Waals surface area contributed by atoms with Gasteiger partial charge < -0.3 is 10.0 Å². The van der Waals surface area contributed by atoms with Gasteiger partial charge in [-0.15, -0.1) is 0 Å². The fourth-order valence-electron chi connectivity index (χ4n) is 4.37. The first-order valence-corrected chi connectivity index (χ1v) is 9.58. The lowest BCUT2D eigenvalue weighted by molar-refractivity contribution is -0.132. The molecule has 2 heterocycles. The molecule has 138 valence electrons. The van der Waals surface area contributed by atoms with Crippen LogP contribution >= 0.6 is 0 Å². The molecule has 0 radical (unpaired) electrons. The third kappa shape index (κ3) is 4.76. The smallest absolute Gasteiger partial charge is 0.219 e. The lowest BCUT2D eigenvalue weighted by Crippen LogP contribution is -2.46. The van der Waals surface area contributed by atoms with E-state index >= 15 is 0 Å². The normalized spacial score (nSPS) is 28.3. The molecule has 1 aromatic rings. The molecular weight excluding hydrogens is 316 g/mol. The summed E-state index contributed by atoms with van der Waals surface area (Å²) in [6.45, 7) is 4.21. The maximum atomic E-state index is 12.2. The molecule has 2 fully saturated rings. The molecule has 0 bridgehead atoms. The summed E-state index contributed by atoms with van der Waals surface area (Å²) in [6.07, 6.45) is 12.3. The Morgan fingerprint density at radius 1 is 1.16 bits per heavy atom. The van der Waals surface area contributed by atoms with E-state index in [0.29, 0.717) is 12.6 Å². The van der Waals surface area contributed by atoms with Crippen molar-refractivity contribution in [1.29, 1.82) is 0 Å². The highest BCUT2D eigenvalue weighted by Gasteiger charge is 2.32. The number of likely N-dealkylation sites (tertiary alicyclic amines) is 1. The number of amides is 1. The number of carbonyl (C=O) groups excluding carboxylic acids is 1. The van der Waals surface area contributed by atoms with E-state index < -0.39 is 0 Å². The van der Waals surface area contributed by atoms with Crippen LogP contribution < -0.4 is 0 Å². The van der Waals surface area contributed by atoms with Gasteiger partial charge in [0.1, 0.15) is 6.33 Å². The molecule has 3 atom stereocenters. The van der Waals surface area contributed by atoms with Crippen molar-refractivity contribution in [2.24, 2.45) is 0 Å². The van der Waals surface area contributed by atoms with Crippen molar-refractivity contribution in [1.82, 2.24) is 19.8 Å². The Morgan fingerprint density at radius 2 is 1.92 bits per heavy atom. The molecule has 6 heteroatoms. The monoisotopic (exact) mass is 346 g/mol. The fourth-order valence-corrected chi connectivity index (χ4v) is 4.37. The number of aliphatic hydroxyl groups is 1. The second-order valence-electron chi connectivity index (χ2n) is 7.43. The van der Waals surface area contributed by atoms with Gasteiger partial charge in [0.2, 0.25) is 5.91 Å². The summed E-state index contributed by atoms with van der Waals surface area (Å²) in [5, 5.41) is 10.4. The summed E-state index contributed by atoms with van der Waals surface area (Å²) in [4.78, 5) is 24.8. The third-order valence-corrected chi connectivity index (χ3v) is 5.71. The second-order valence-corrected chi connectivity index (χ2v) is 7.43. The van der Waals surface area contributed by atoms with Crippen molar-refractivity contribution in [3.63, 3.8) is 0 Å². The van der Waals surface area contributed by atoms with Gasteiger partial charge in [0.05, 0.1) is 6.10 Å².